The lowest BCUT2D eigenvalue weighted by molar-refractivity contribution is -0.120. The summed E-state index contributed by atoms with van der Waals surface area (Å²) in [6, 6.07) is 7.03. The van der Waals surface area contributed by atoms with Gasteiger partial charge < -0.3 is 16.0 Å². The number of thiocarbonyl (C=S) groups is 1. The zero-order valence-corrected chi connectivity index (χ0v) is 14.2. The summed E-state index contributed by atoms with van der Waals surface area (Å²) in [5.41, 5.74) is 1.20. The largest absolute Gasteiger partial charge is 0.350 e. The van der Waals surface area contributed by atoms with Crippen LogP contribution in [0, 0.1) is 5.92 Å². The van der Waals surface area contributed by atoms with Crippen LogP contribution in [0.4, 0.5) is 5.69 Å². The van der Waals surface area contributed by atoms with Gasteiger partial charge in [-0.2, -0.15) is 0 Å². The van der Waals surface area contributed by atoms with Crippen molar-refractivity contribution in [2.75, 3.05) is 5.32 Å². The summed E-state index contributed by atoms with van der Waals surface area (Å²) in [6.07, 6.45) is 0.415. The second-order valence-electron chi connectivity index (χ2n) is 5.81. The van der Waals surface area contributed by atoms with Crippen LogP contribution in [0.5, 0.6) is 0 Å². The highest BCUT2D eigenvalue weighted by Crippen LogP contribution is 2.11. The molecule has 0 unspecified atom stereocenters. The Labute approximate surface area is 136 Å². The monoisotopic (exact) mass is 321 g/mol. The Kier molecular flexibility index (Phi) is 6.98. The number of anilines is 1. The molecule has 0 aliphatic carbocycles. The first-order valence-electron chi connectivity index (χ1n) is 7.29. The van der Waals surface area contributed by atoms with Crippen molar-refractivity contribution in [3.63, 3.8) is 0 Å². The summed E-state index contributed by atoms with van der Waals surface area (Å²) < 4.78 is 0. The number of carbonyl (C=O) groups excluding carboxylic acids is 2. The molecule has 0 radical (unpaired) electrons. The van der Waals surface area contributed by atoms with Crippen LogP contribution in [0.15, 0.2) is 24.3 Å². The molecule has 0 saturated heterocycles. The van der Waals surface area contributed by atoms with E-state index in [4.69, 9.17) is 12.2 Å². The molecule has 0 aromatic heterocycles. The van der Waals surface area contributed by atoms with E-state index >= 15 is 0 Å². The molecular weight excluding hydrogens is 298 g/mol. The third-order valence-electron chi connectivity index (χ3n) is 2.65. The quantitative estimate of drug-likeness (QED) is 0.729. The predicted octanol–water partition coefficient (Wildman–Crippen LogP) is 2.68. The molecule has 0 fully saturated rings. The molecule has 1 aromatic carbocycles. The van der Waals surface area contributed by atoms with Crippen LogP contribution in [0.3, 0.4) is 0 Å². The first-order valence-corrected chi connectivity index (χ1v) is 7.70. The molecular formula is C16H23N3O2S. The second kappa shape index (κ2) is 8.48. The molecule has 2 amide bonds. The van der Waals surface area contributed by atoms with Gasteiger partial charge in [0.15, 0.2) is 5.11 Å². The van der Waals surface area contributed by atoms with Crippen molar-refractivity contribution in [1.82, 2.24) is 10.6 Å². The molecule has 120 valence electrons. The standard InChI is InChI=1S/C16H23N3O2S/c1-10(2)8-14(20)19-16(22)18-13-7-5-6-12(9-13)15(21)17-11(3)4/h5-7,9-11H,8H2,1-4H3,(H,17,21)(H2,18,19,20,22). The van der Waals surface area contributed by atoms with E-state index in [-0.39, 0.29) is 28.9 Å². The van der Waals surface area contributed by atoms with Gasteiger partial charge in [0, 0.05) is 23.7 Å². The fourth-order valence-electron chi connectivity index (χ4n) is 1.79. The molecule has 0 spiro atoms. The summed E-state index contributed by atoms with van der Waals surface area (Å²) in [5, 5.41) is 8.59. The Bertz CT molecular complexity index is 556. The topological polar surface area (TPSA) is 70.2 Å². The van der Waals surface area contributed by atoms with Crippen molar-refractivity contribution < 1.29 is 9.59 Å². The van der Waals surface area contributed by atoms with Crippen molar-refractivity contribution in [1.29, 1.82) is 0 Å². The maximum atomic E-state index is 12.0. The molecule has 6 heteroatoms. The van der Waals surface area contributed by atoms with E-state index < -0.39 is 0 Å². The van der Waals surface area contributed by atoms with Crippen molar-refractivity contribution in [2.45, 2.75) is 40.2 Å². The molecule has 1 aromatic rings. The van der Waals surface area contributed by atoms with E-state index in [0.29, 0.717) is 17.7 Å². The van der Waals surface area contributed by atoms with Gasteiger partial charge in [-0.25, -0.2) is 0 Å². The van der Waals surface area contributed by atoms with Crippen LogP contribution in [0.25, 0.3) is 0 Å². The van der Waals surface area contributed by atoms with Crippen LogP contribution < -0.4 is 16.0 Å². The Balaban J connectivity index is 2.64. The van der Waals surface area contributed by atoms with Gasteiger partial charge in [-0.3, -0.25) is 9.59 Å². The highest BCUT2D eigenvalue weighted by Gasteiger charge is 2.09. The number of benzene rings is 1. The van der Waals surface area contributed by atoms with Crippen molar-refractivity contribution in [3.05, 3.63) is 29.8 Å². The average Bonchev–Trinajstić information content (AvgIpc) is 2.36. The second-order valence-corrected chi connectivity index (χ2v) is 6.22. The molecule has 3 N–H and O–H groups in total. The minimum atomic E-state index is -0.145. The van der Waals surface area contributed by atoms with Gasteiger partial charge in [0.05, 0.1) is 0 Å². The zero-order valence-electron chi connectivity index (χ0n) is 13.4. The number of carbonyl (C=O) groups is 2. The lowest BCUT2D eigenvalue weighted by Gasteiger charge is -2.12. The SMILES string of the molecule is CC(C)CC(=O)NC(=S)Nc1cccc(C(=O)NC(C)C)c1. The summed E-state index contributed by atoms with van der Waals surface area (Å²) in [5.74, 6) is 0.000439. The first kappa shape index (κ1) is 18.1. The lowest BCUT2D eigenvalue weighted by atomic mass is 10.1. The van der Waals surface area contributed by atoms with E-state index in [9.17, 15) is 9.59 Å². The predicted molar refractivity (Wildman–Crippen MR) is 92.9 cm³/mol. The molecule has 0 saturated carbocycles. The van der Waals surface area contributed by atoms with Gasteiger partial charge in [0.25, 0.3) is 5.91 Å². The van der Waals surface area contributed by atoms with Crippen LogP contribution in [0.1, 0.15) is 44.5 Å². The Hall–Kier alpha value is -1.95. The van der Waals surface area contributed by atoms with Gasteiger partial charge >= 0.3 is 0 Å². The minimum Gasteiger partial charge on any atom is -0.350 e. The highest BCUT2D eigenvalue weighted by atomic mass is 32.1. The van der Waals surface area contributed by atoms with Crippen molar-refractivity contribution in [3.8, 4) is 0 Å². The van der Waals surface area contributed by atoms with Gasteiger partial charge in [-0.15, -0.1) is 0 Å². The lowest BCUT2D eigenvalue weighted by Crippen LogP contribution is -2.34. The first-order chi connectivity index (χ1) is 10.3. The van der Waals surface area contributed by atoms with Crippen LogP contribution >= 0.6 is 12.2 Å². The summed E-state index contributed by atoms with van der Waals surface area (Å²) in [6.45, 7) is 7.73. The zero-order chi connectivity index (χ0) is 16.7. The van der Waals surface area contributed by atoms with Gasteiger partial charge in [-0.05, 0) is 50.2 Å². The maximum Gasteiger partial charge on any atom is 0.251 e. The number of rotatable bonds is 5. The Morgan fingerprint density at radius 2 is 1.86 bits per heavy atom. The van der Waals surface area contributed by atoms with Crippen LogP contribution in [0.2, 0.25) is 0 Å². The average molecular weight is 321 g/mol. The Morgan fingerprint density at radius 1 is 1.18 bits per heavy atom. The normalized spacial score (nSPS) is 10.5. The van der Waals surface area contributed by atoms with E-state index in [1.165, 1.54) is 0 Å². The van der Waals surface area contributed by atoms with Gasteiger partial charge in [0.1, 0.15) is 0 Å². The fourth-order valence-corrected chi connectivity index (χ4v) is 2.03. The number of hydrogen-bond acceptors (Lipinski definition) is 3. The molecule has 0 heterocycles. The van der Waals surface area contributed by atoms with Crippen LogP contribution in [-0.4, -0.2) is 23.0 Å². The van der Waals surface area contributed by atoms with Crippen molar-refractivity contribution >= 4 is 34.8 Å². The number of amides is 2. The molecule has 22 heavy (non-hydrogen) atoms. The third-order valence-corrected chi connectivity index (χ3v) is 2.85. The van der Waals surface area contributed by atoms with E-state index in [0.717, 1.165) is 0 Å². The molecule has 0 atom stereocenters. The maximum absolute atomic E-state index is 12.0. The van der Waals surface area contributed by atoms with E-state index in [1.807, 2.05) is 27.7 Å². The van der Waals surface area contributed by atoms with E-state index in [2.05, 4.69) is 16.0 Å². The Morgan fingerprint density at radius 3 is 2.45 bits per heavy atom. The summed E-state index contributed by atoms with van der Waals surface area (Å²) >= 11 is 5.10. The highest BCUT2D eigenvalue weighted by molar-refractivity contribution is 7.80. The van der Waals surface area contributed by atoms with Gasteiger partial charge in [-0.1, -0.05) is 19.9 Å². The summed E-state index contributed by atoms with van der Waals surface area (Å²) in [7, 11) is 0. The van der Waals surface area contributed by atoms with Crippen LogP contribution in [-0.2, 0) is 4.79 Å². The minimum absolute atomic E-state index is 0.0699. The third kappa shape index (κ3) is 6.67. The molecule has 0 aliphatic heterocycles. The smallest absolute Gasteiger partial charge is 0.251 e. The van der Waals surface area contributed by atoms with Gasteiger partial charge in [0.2, 0.25) is 5.91 Å². The number of nitrogens with one attached hydrogen (secondary N) is 3. The molecule has 1 rings (SSSR count). The summed E-state index contributed by atoms with van der Waals surface area (Å²) in [4.78, 5) is 23.6. The molecule has 0 bridgehead atoms. The molecule has 5 nitrogen and oxygen atoms in total. The van der Waals surface area contributed by atoms with E-state index in [1.54, 1.807) is 24.3 Å². The fraction of sp³-hybridized carbons (Fsp3) is 0.438. The van der Waals surface area contributed by atoms with Crippen molar-refractivity contribution in [2.24, 2.45) is 5.92 Å². The number of hydrogen-bond donors (Lipinski definition) is 3. The molecule has 0 aliphatic rings.